The van der Waals surface area contributed by atoms with Crippen molar-refractivity contribution in [2.45, 2.75) is 55.7 Å². The molecule has 2 aliphatic rings. The van der Waals surface area contributed by atoms with Crippen molar-refractivity contribution < 1.29 is 29.6 Å². The smallest absolute Gasteiger partial charge is 0.408 e. The summed E-state index contributed by atoms with van der Waals surface area (Å²) in [5, 5.41) is 38.0. The predicted octanol–water partition coefficient (Wildman–Crippen LogP) is -0.648. The lowest BCUT2D eigenvalue weighted by molar-refractivity contribution is -0.176. The lowest BCUT2D eigenvalue weighted by atomic mass is 9.74. The van der Waals surface area contributed by atoms with Gasteiger partial charge >= 0.3 is 6.09 Å². The van der Waals surface area contributed by atoms with Gasteiger partial charge in [-0.1, -0.05) is 12.1 Å². The molecule has 7 N–H and O–H groups in total. The first kappa shape index (κ1) is 19.6. The van der Waals surface area contributed by atoms with Gasteiger partial charge in [0.25, 0.3) is 0 Å². The average Bonchev–Trinajstić information content (AvgIpc) is 2.98. The molecule has 1 aliphatic carbocycles. The Morgan fingerprint density at radius 1 is 1.41 bits per heavy atom. The lowest BCUT2D eigenvalue weighted by Gasteiger charge is -2.44. The zero-order chi connectivity index (χ0) is 20.2. The number of ketones is 1. The normalized spacial score (nSPS) is 40.7. The van der Waals surface area contributed by atoms with Crippen molar-refractivity contribution in [1.29, 1.82) is 0 Å². The van der Waals surface area contributed by atoms with Crippen LogP contribution in [0.4, 0.5) is 10.5 Å². The molecule has 148 valence electrons. The third-order valence-electron chi connectivity index (χ3n) is 6.11. The minimum atomic E-state index is -2.10. The number of nitrogens with two attached hydrogens (primary N) is 1. The van der Waals surface area contributed by atoms with Crippen LogP contribution in [-0.4, -0.2) is 68.7 Å². The van der Waals surface area contributed by atoms with Gasteiger partial charge in [0, 0.05) is 11.3 Å². The fourth-order valence-corrected chi connectivity index (χ4v) is 4.44. The highest BCUT2D eigenvalue weighted by Crippen LogP contribution is 2.50. The van der Waals surface area contributed by atoms with Crippen molar-refractivity contribution in [3.8, 4) is 0 Å². The number of benzene rings is 1. The molecule has 0 bridgehead atoms. The molecule has 9 nitrogen and oxygen atoms in total. The van der Waals surface area contributed by atoms with Gasteiger partial charge in [-0.05, 0) is 32.9 Å². The molecule has 6 atom stereocenters. The number of alkyl carbamates (subject to hydrolysis) is 1. The van der Waals surface area contributed by atoms with Gasteiger partial charge in [-0.3, -0.25) is 4.79 Å². The van der Waals surface area contributed by atoms with Crippen molar-refractivity contribution in [2.75, 3.05) is 11.9 Å². The van der Waals surface area contributed by atoms with Crippen molar-refractivity contribution in [3.05, 3.63) is 29.8 Å². The molecular formula is C18H25N3O6. The Kier molecular flexibility index (Phi) is 4.47. The van der Waals surface area contributed by atoms with E-state index in [1.54, 1.807) is 31.2 Å². The van der Waals surface area contributed by atoms with Crippen LogP contribution in [0.15, 0.2) is 24.3 Å². The van der Waals surface area contributed by atoms with Gasteiger partial charge in [0.05, 0.1) is 18.7 Å². The predicted molar refractivity (Wildman–Crippen MR) is 96.3 cm³/mol. The fraction of sp³-hybridized carbons (Fsp3) is 0.556. The first-order valence-corrected chi connectivity index (χ1v) is 8.69. The van der Waals surface area contributed by atoms with Gasteiger partial charge in [0.2, 0.25) is 0 Å². The summed E-state index contributed by atoms with van der Waals surface area (Å²) >= 11 is 0. The second kappa shape index (κ2) is 6.16. The molecule has 1 amide bonds. The van der Waals surface area contributed by atoms with Crippen LogP contribution >= 0.6 is 0 Å². The molecule has 0 aromatic heterocycles. The number of ether oxygens (including phenoxy) is 1. The second-order valence-electron chi connectivity index (χ2n) is 7.48. The van der Waals surface area contributed by atoms with E-state index in [9.17, 15) is 24.9 Å². The summed E-state index contributed by atoms with van der Waals surface area (Å²) in [6.45, 7) is 3.48. The highest BCUT2D eigenvalue weighted by Gasteiger charge is 2.78. The molecule has 1 spiro atoms. The second-order valence-corrected chi connectivity index (χ2v) is 7.48. The van der Waals surface area contributed by atoms with Crippen LogP contribution in [-0.2, 0) is 4.74 Å². The van der Waals surface area contributed by atoms with E-state index in [4.69, 9.17) is 10.5 Å². The van der Waals surface area contributed by atoms with Crippen LogP contribution in [0.3, 0.4) is 0 Å². The van der Waals surface area contributed by atoms with E-state index in [2.05, 4.69) is 10.6 Å². The quantitative estimate of drug-likeness (QED) is 0.377. The third kappa shape index (κ3) is 2.46. The van der Waals surface area contributed by atoms with Crippen LogP contribution in [0, 0.1) is 0 Å². The molecule has 27 heavy (non-hydrogen) atoms. The minimum Gasteiger partial charge on any atom is -0.444 e. The zero-order valence-corrected chi connectivity index (χ0v) is 15.4. The molecule has 1 heterocycles. The number of rotatable bonds is 4. The number of cyclic esters (lactones) is 1. The van der Waals surface area contributed by atoms with E-state index in [-0.39, 0.29) is 5.78 Å². The van der Waals surface area contributed by atoms with E-state index in [1.807, 2.05) is 0 Å². The fourth-order valence-electron chi connectivity index (χ4n) is 4.44. The van der Waals surface area contributed by atoms with Crippen molar-refractivity contribution in [2.24, 2.45) is 5.73 Å². The Morgan fingerprint density at radius 3 is 2.59 bits per heavy atom. The maximum atomic E-state index is 11.8. The van der Waals surface area contributed by atoms with Crippen LogP contribution in [0.25, 0.3) is 0 Å². The summed E-state index contributed by atoms with van der Waals surface area (Å²) < 4.78 is 5.14. The van der Waals surface area contributed by atoms with Crippen LogP contribution in [0.2, 0.25) is 0 Å². The highest BCUT2D eigenvalue weighted by molar-refractivity contribution is 5.94. The monoisotopic (exact) mass is 379 g/mol. The molecule has 2 fully saturated rings. The first-order chi connectivity index (χ1) is 12.5. The van der Waals surface area contributed by atoms with Crippen LogP contribution < -0.4 is 16.4 Å². The largest absolute Gasteiger partial charge is 0.444 e. The molecule has 9 heteroatoms. The summed E-state index contributed by atoms with van der Waals surface area (Å²) in [4.78, 5) is 23.5. The molecule has 1 aromatic rings. The molecule has 3 rings (SSSR count). The molecule has 1 saturated carbocycles. The maximum absolute atomic E-state index is 11.8. The SMILES string of the molecule is CC(=O)c1cccc(N[C@H]2[C@H](N)[C@]3(NC(=O)O[C@H]3C)[C@@](C)(O)[C@@]2(O)CO)c1. The van der Waals surface area contributed by atoms with E-state index < -0.39 is 47.6 Å². The Bertz CT molecular complexity index is 784. The van der Waals surface area contributed by atoms with Gasteiger partial charge in [-0.25, -0.2) is 4.79 Å². The van der Waals surface area contributed by atoms with Crippen molar-refractivity contribution in [3.63, 3.8) is 0 Å². The summed E-state index contributed by atoms with van der Waals surface area (Å²) in [6.07, 6.45) is -1.62. The van der Waals surface area contributed by atoms with Crippen molar-refractivity contribution in [1.82, 2.24) is 5.32 Å². The van der Waals surface area contributed by atoms with Gasteiger partial charge in [-0.15, -0.1) is 0 Å². The molecule has 1 aromatic carbocycles. The number of hydrogen-bond donors (Lipinski definition) is 6. The number of hydrogen-bond acceptors (Lipinski definition) is 8. The van der Waals surface area contributed by atoms with Gasteiger partial charge in [0.15, 0.2) is 5.78 Å². The molecular weight excluding hydrogens is 354 g/mol. The number of carbonyl (C=O) groups is 2. The zero-order valence-electron chi connectivity index (χ0n) is 15.4. The first-order valence-electron chi connectivity index (χ1n) is 8.69. The average molecular weight is 379 g/mol. The standard InChI is InChI=1S/C18H25N3O6/c1-9(23)11-5-4-6-12(7-11)20-14-13(19)18(10(2)27-15(24)21-18)16(3,25)17(14,26)8-22/h4-7,10,13-14,20,22,25-26H,8,19H2,1-3H3,(H,21,24)/t10-,13-,14-,16-,17+,18-/m0/s1. The summed E-state index contributed by atoms with van der Waals surface area (Å²) in [5.41, 5.74) is 1.66. The van der Waals surface area contributed by atoms with Gasteiger partial charge in [-0.2, -0.15) is 0 Å². The Morgan fingerprint density at radius 2 is 2.07 bits per heavy atom. The molecule has 1 aliphatic heterocycles. The summed E-state index contributed by atoms with van der Waals surface area (Å²) in [5.74, 6) is -0.139. The minimum absolute atomic E-state index is 0.139. The topological polar surface area (TPSA) is 154 Å². The number of aliphatic hydroxyl groups excluding tert-OH is 1. The number of nitrogens with one attached hydrogen (secondary N) is 2. The molecule has 1 saturated heterocycles. The van der Waals surface area contributed by atoms with Crippen LogP contribution in [0.1, 0.15) is 31.1 Å². The van der Waals surface area contributed by atoms with Crippen LogP contribution in [0.5, 0.6) is 0 Å². The van der Waals surface area contributed by atoms with E-state index in [0.717, 1.165) is 0 Å². The Labute approximate surface area is 156 Å². The molecule has 0 radical (unpaired) electrons. The van der Waals surface area contributed by atoms with E-state index in [0.29, 0.717) is 11.3 Å². The number of amides is 1. The van der Waals surface area contributed by atoms with Gasteiger partial charge < -0.3 is 36.4 Å². The van der Waals surface area contributed by atoms with Gasteiger partial charge in [0.1, 0.15) is 22.8 Å². The Balaban J connectivity index is 2.06. The number of carbonyl (C=O) groups excluding carboxylic acids is 2. The summed E-state index contributed by atoms with van der Waals surface area (Å²) in [7, 11) is 0. The van der Waals surface area contributed by atoms with Crippen molar-refractivity contribution >= 4 is 17.6 Å². The summed E-state index contributed by atoms with van der Waals surface area (Å²) in [6, 6.07) is 4.49. The Hall–Kier alpha value is -2.20. The maximum Gasteiger partial charge on any atom is 0.408 e. The highest BCUT2D eigenvalue weighted by atomic mass is 16.6. The lowest BCUT2D eigenvalue weighted by Crippen LogP contribution is -2.72. The number of aliphatic hydroxyl groups is 3. The third-order valence-corrected chi connectivity index (χ3v) is 6.11. The molecule has 0 unspecified atom stereocenters. The van der Waals surface area contributed by atoms with E-state index in [1.165, 1.54) is 13.8 Å². The van der Waals surface area contributed by atoms with E-state index >= 15 is 0 Å². The number of anilines is 1. The number of Topliss-reactive ketones (excluding diaryl/α,β-unsaturated/α-hetero) is 1.